The van der Waals surface area contributed by atoms with Crippen molar-refractivity contribution in [1.82, 2.24) is 5.32 Å². The summed E-state index contributed by atoms with van der Waals surface area (Å²) < 4.78 is 27.4. The molecule has 1 aliphatic heterocycles. The molecule has 2 aliphatic rings. The van der Waals surface area contributed by atoms with Crippen LogP contribution >= 0.6 is 0 Å². The van der Waals surface area contributed by atoms with Crippen LogP contribution in [0.1, 0.15) is 50.4 Å². The largest absolute Gasteiger partial charge is 0.497 e. The lowest BCUT2D eigenvalue weighted by atomic mass is 9.68. The molecule has 9 nitrogen and oxygen atoms in total. The van der Waals surface area contributed by atoms with Gasteiger partial charge in [0.1, 0.15) is 23.2 Å². The molecule has 0 saturated heterocycles. The summed E-state index contributed by atoms with van der Waals surface area (Å²) >= 11 is 0. The number of carbonyl (C=O) groups excluding carboxylic acids is 3. The molecule has 4 rings (SSSR count). The monoisotopic (exact) mass is 509 g/mol. The smallest absolute Gasteiger partial charge is 0.336 e. The quantitative estimate of drug-likeness (QED) is 0.416. The molecule has 1 aromatic heterocycles. The summed E-state index contributed by atoms with van der Waals surface area (Å²) in [5, 5.41) is 3.26. The summed E-state index contributed by atoms with van der Waals surface area (Å²) in [6, 6.07) is 8.64. The minimum absolute atomic E-state index is 0.123. The van der Waals surface area contributed by atoms with Crippen LogP contribution in [0.4, 0.5) is 0 Å². The van der Waals surface area contributed by atoms with Crippen molar-refractivity contribution in [3.63, 3.8) is 0 Å². The molecule has 1 aliphatic carbocycles. The van der Waals surface area contributed by atoms with Crippen molar-refractivity contribution in [2.75, 3.05) is 27.4 Å². The number of allylic oxidation sites excluding steroid dienone is 3. The van der Waals surface area contributed by atoms with Gasteiger partial charge in [-0.1, -0.05) is 0 Å². The van der Waals surface area contributed by atoms with Gasteiger partial charge < -0.3 is 28.7 Å². The van der Waals surface area contributed by atoms with Crippen molar-refractivity contribution in [2.24, 2.45) is 5.92 Å². The van der Waals surface area contributed by atoms with Gasteiger partial charge in [-0.05, 0) is 57.5 Å². The lowest BCUT2D eigenvalue weighted by molar-refractivity contribution is -0.152. The van der Waals surface area contributed by atoms with E-state index in [0.29, 0.717) is 46.2 Å². The number of nitrogens with one attached hydrogen (secondary N) is 1. The fraction of sp³-hybridized carbons (Fsp3) is 0.393. The third-order valence-electron chi connectivity index (χ3n) is 6.71. The molecular formula is C28H31NO8. The van der Waals surface area contributed by atoms with Crippen LogP contribution in [0.5, 0.6) is 11.5 Å². The predicted octanol–water partition coefficient (Wildman–Crippen LogP) is 4.01. The lowest BCUT2D eigenvalue weighted by Crippen LogP contribution is -2.43. The second kappa shape index (κ2) is 10.9. The number of Topliss-reactive ketones (excluding diaryl/α,β-unsaturated/α-hetero) is 1. The van der Waals surface area contributed by atoms with E-state index in [0.717, 1.165) is 0 Å². The zero-order valence-corrected chi connectivity index (χ0v) is 21.6. The molecular weight excluding hydrogens is 478 g/mol. The van der Waals surface area contributed by atoms with Crippen LogP contribution in [-0.2, 0) is 23.9 Å². The SMILES string of the molecule is CCOC(=O)C1=C(C)NC2=C(C(=O)[C@H](C(=O)OCC)[C@@H](c3ccco3)C2)[C@@H]1c1cc(OC)ccc1OC. The first-order valence-corrected chi connectivity index (χ1v) is 12.2. The Balaban J connectivity index is 1.95. The Morgan fingerprint density at radius 1 is 1.08 bits per heavy atom. The van der Waals surface area contributed by atoms with Crippen LogP contribution in [0.3, 0.4) is 0 Å². The molecule has 1 N–H and O–H groups in total. The van der Waals surface area contributed by atoms with Gasteiger partial charge in [-0.2, -0.15) is 0 Å². The molecule has 0 spiro atoms. The van der Waals surface area contributed by atoms with Gasteiger partial charge in [-0.25, -0.2) is 4.79 Å². The number of carbonyl (C=O) groups is 3. The van der Waals surface area contributed by atoms with Gasteiger partial charge in [-0.15, -0.1) is 0 Å². The van der Waals surface area contributed by atoms with Gasteiger partial charge >= 0.3 is 11.9 Å². The predicted molar refractivity (Wildman–Crippen MR) is 133 cm³/mol. The van der Waals surface area contributed by atoms with Crippen molar-refractivity contribution >= 4 is 17.7 Å². The number of dihydropyridines is 1. The molecule has 0 unspecified atom stereocenters. The van der Waals surface area contributed by atoms with E-state index >= 15 is 0 Å². The van der Waals surface area contributed by atoms with E-state index in [9.17, 15) is 14.4 Å². The molecule has 2 aromatic rings. The molecule has 9 heteroatoms. The number of benzene rings is 1. The van der Waals surface area contributed by atoms with Crippen molar-refractivity contribution in [2.45, 2.75) is 39.0 Å². The third kappa shape index (κ3) is 4.73. The highest BCUT2D eigenvalue weighted by molar-refractivity contribution is 6.13. The summed E-state index contributed by atoms with van der Waals surface area (Å²) in [6.45, 7) is 5.45. The van der Waals surface area contributed by atoms with Gasteiger partial charge in [0.15, 0.2) is 5.78 Å². The molecule has 0 radical (unpaired) electrons. The summed E-state index contributed by atoms with van der Waals surface area (Å²) in [5.41, 5.74) is 2.26. The van der Waals surface area contributed by atoms with E-state index in [4.69, 9.17) is 23.4 Å². The van der Waals surface area contributed by atoms with Gasteiger partial charge in [-0.3, -0.25) is 9.59 Å². The summed E-state index contributed by atoms with van der Waals surface area (Å²) in [5.74, 6) is -2.74. The van der Waals surface area contributed by atoms with Gasteiger partial charge in [0.2, 0.25) is 0 Å². The minimum Gasteiger partial charge on any atom is -0.497 e. The van der Waals surface area contributed by atoms with Crippen molar-refractivity contribution in [3.8, 4) is 11.5 Å². The van der Waals surface area contributed by atoms with Crippen LogP contribution in [-0.4, -0.2) is 45.2 Å². The van der Waals surface area contributed by atoms with Gasteiger partial charge in [0, 0.05) is 28.4 Å². The zero-order valence-electron chi connectivity index (χ0n) is 21.6. The number of furan rings is 1. The molecule has 3 atom stereocenters. The molecule has 0 bridgehead atoms. The van der Waals surface area contributed by atoms with Crippen LogP contribution in [0.2, 0.25) is 0 Å². The number of esters is 2. The molecule has 0 saturated carbocycles. The second-order valence-corrected chi connectivity index (χ2v) is 8.74. The number of hydrogen-bond acceptors (Lipinski definition) is 9. The van der Waals surface area contributed by atoms with E-state index in [2.05, 4.69) is 5.32 Å². The first kappa shape index (κ1) is 26.1. The number of hydrogen-bond donors (Lipinski definition) is 1. The first-order chi connectivity index (χ1) is 17.9. The topological polar surface area (TPSA) is 113 Å². The Bertz CT molecular complexity index is 1260. The Morgan fingerprint density at radius 3 is 2.46 bits per heavy atom. The summed E-state index contributed by atoms with van der Waals surface area (Å²) in [6.07, 6.45) is 1.81. The van der Waals surface area contributed by atoms with E-state index < -0.39 is 35.5 Å². The van der Waals surface area contributed by atoms with Crippen molar-refractivity contribution < 1.29 is 37.7 Å². The highest BCUT2D eigenvalue weighted by atomic mass is 16.5. The molecule has 2 heterocycles. The number of ether oxygens (including phenoxy) is 4. The van der Waals surface area contributed by atoms with E-state index in [1.807, 2.05) is 0 Å². The maximum absolute atomic E-state index is 14.3. The first-order valence-electron chi connectivity index (χ1n) is 12.2. The Hall–Kier alpha value is -4.01. The Morgan fingerprint density at radius 2 is 1.84 bits per heavy atom. The fourth-order valence-electron chi connectivity index (χ4n) is 5.16. The highest BCUT2D eigenvalue weighted by Gasteiger charge is 2.50. The fourth-order valence-corrected chi connectivity index (χ4v) is 5.16. The van der Waals surface area contributed by atoms with Gasteiger partial charge in [0.05, 0.1) is 45.2 Å². The average molecular weight is 510 g/mol. The van der Waals surface area contributed by atoms with Crippen LogP contribution in [0, 0.1) is 5.92 Å². The molecule has 196 valence electrons. The summed E-state index contributed by atoms with van der Waals surface area (Å²) in [7, 11) is 3.04. The second-order valence-electron chi connectivity index (χ2n) is 8.74. The normalized spacial score (nSPS) is 21.2. The number of ketones is 1. The maximum Gasteiger partial charge on any atom is 0.336 e. The van der Waals surface area contributed by atoms with E-state index in [1.54, 1.807) is 51.1 Å². The van der Waals surface area contributed by atoms with Gasteiger partial charge in [0.25, 0.3) is 0 Å². The average Bonchev–Trinajstić information content (AvgIpc) is 3.42. The van der Waals surface area contributed by atoms with Crippen LogP contribution < -0.4 is 14.8 Å². The molecule has 37 heavy (non-hydrogen) atoms. The third-order valence-corrected chi connectivity index (χ3v) is 6.71. The van der Waals surface area contributed by atoms with Crippen molar-refractivity contribution in [3.05, 3.63) is 70.5 Å². The lowest BCUT2D eigenvalue weighted by Gasteiger charge is -2.39. The standard InChI is InChI=1S/C28H31NO8/c1-6-35-27(31)22-15(3)29-19-14-18(21-9-8-12-37-21)24(28(32)36-7-2)26(30)25(19)23(22)17-13-16(33-4)10-11-20(17)34-5/h8-13,18,23-24,29H,6-7,14H2,1-5H3/t18-,23-,24-/m1/s1. The summed E-state index contributed by atoms with van der Waals surface area (Å²) in [4.78, 5) is 40.7. The molecule has 0 fully saturated rings. The highest BCUT2D eigenvalue weighted by Crippen LogP contribution is 2.50. The van der Waals surface area contributed by atoms with Crippen LogP contribution in [0.25, 0.3) is 0 Å². The Labute approximate surface area is 215 Å². The van der Waals surface area contributed by atoms with E-state index in [1.165, 1.54) is 20.5 Å². The van der Waals surface area contributed by atoms with Crippen molar-refractivity contribution in [1.29, 1.82) is 0 Å². The zero-order chi connectivity index (χ0) is 26.7. The molecule has 0 amide bonds. The number of methoxy groups -OCH3 is 2. The maximum atomic E-state index is 14.3. The Kier molecular flexibility index (Phi) is 7.71. The molecule has 1 aromatic carbocycles. The van der Waals surface area contributed by atoms with E-state index in [-0.39, 0.29) is 18.8 Å². The minimum atomic E-state index is -1.15. The van der Waals surface area contributed by atoms with Crippen LogP contribution in [0.15, 0.2) is 63.6 Å². The number of rotatable bonds is 8.